The summed E-state index contributed by atoms with van der Waals surface area (Å²) in [5, 5.41) is 14.2. The van der Waals surface area contributed by atoms with Crippen LogP contribution in [0.1, 0.15) is 11.1 Å². The molecule has 1 saturated heterocycles. The molecular weight excluding hydrogens is 409 g/mol. The van der Waals surface area contributed by atoms with Gasteiger partial charge in [0.15, 0.2) is 11.5 Å². The SMILES string of the molecule is N#Cc1c(N2CCN(c3ccc(Cl)cc3)CC2)nn2c(=O)c(C(F)(F)F)c[nH]c12. The molecule has 3 aromatic rings. The number of benzene rings is 1. The first-order chi connectivity index (χ1) is 13.8. The lowest BCUT2D eigenvalue weighted by molar-refractivity contribution is -0.139. The van der Waals surface area contributed by atoms with Gasteiger partial charge in [-0.2, -0.15) is 22.9 Å². The fraction of sp³-hybridized carbons (Fsp3) is 0.278. The van der Waals surface area contributed by atoms with E-state index in [-0.39, 0.29) is 17.0 Å². The molecule has 1 aromatic carbocycles. The molecule has 1 fully saturated rings. The molecule has 1 N–H and O–H groups in total. The van der Waals surface area contributed by atoms with Crippen LogP contribution in [0.4, 0.5) is 24.7 Å². The summed E-state index contributed by atoms with van der Waals surface area (Å²) in [7, 11) is 0. The number of aromatic amines is 1. The Morgan fingerprint density at radius 2 is 1.72 bits per heavy atom. The van der Waals surface area contributed by atoms with Crippen molar-refractivity contribution in [2.24, 2.45) is 0 Å². The standard InChI is InChI=1S/C18H14ClF3N6O/c19-11-1-3-12(4-2-11)26-5-7-27(8-6-26)16-13(9-23)15-24-10-14(18(20,21)22)17(29)28(15)25-16/h1-4,10,24H,5-8H2. The van der Waals surface area contributed by atoms with Crippen molar-refractivity contribution in [3.63, 3.8) is 0 Å². The van der Waals surface area contributed by atoms with Crippen molar-refractivity contribution < 1.29 is 13.2 Å². The minimum absolute atomic E-state index is 0.0377. The zero-order valence-corrected chi connectivity index (χ0v) is 15.6. The van der Waals surface area contributed by atoms with E-state index in [2.05, 4.69) is 15.0 Å². The van der Waals surface area contributed by atoms with Crippen LogP contribution in [0.15, 0.2) is 35.3 Å². The number of anilines is 2. The summed E-state index contributed by atoms with van der Waals surface area (Å²) in [6.45, 7) is 2.20. The zero-order chi connectivity index (χ0) is 20.8. The predicted octanol–water partition coefficient (Wildman–Crippen LogP) is 2.89. The van der Waals surface area contributed by atoms with E-state index in [4.69, 9.17) is 11.6 Å². The highest BCUT2D eigenvalue weighted by Gasteiger charge is 2.36. The third kappa shape index (κ3) is 3.38. The molecule has 3 heterocycles. The Morgan fingerprint density at radius 1 is 1.10 bits per heavy atom. The Balaban J connectivity index is 1.65. The Bertz CT molecular complexity index is 1150. The van der Waals surface area contributed by atoms with Crippen LogP contribution in [-0.4, -0.2) is 40.8 Å². The minimum atomic E-state index is -4.81. The normalized spacial score (nSPS) is 15.0. The molecule has 29 heavy (non-hydrogen) atoms. The van der Waals surface area contributed by atoms with E-state index in [0.717, 1.165) is 5.69 Å². The second-order valence-corrected chi connectivity index (χ2v) is 6.96. The number of nitrogens with one attached hydrogen (secondary N) is 1. The highest BCUT2D eigenvalue weighted by atomic mass is 35.5. The fourth-order valence-electron chi connectivity index (χ4n) is 3.36. The van der Waals surface area contributed by atoms with Crippen LogP contribution in [0.5, 0.6) is 0 Å². The second kappa shape index (κ2) is 7.00. The molecular formula is C18H14ClF3N6O. The fourth-order valence-corrected chi connectivity index (χ4v) is 3.48. The van der Waals surface area contributed by atoms with Crippen LogP contribution in [0.3, 0.4) is 0 Å². The van der Waals surface area contributed by atoms with Crippen LogP contribution in [0.2, 0.25) is 5.02 Å². The van der Waals surface area contributed by atoms with Gasteiger partial charge >= 0.3 is 6.18 Å². The van der Waals surface area contributed by atoms with Crippen molar-refractivity contribution in [2.45, 2.75) is 6.18 Å². The molecule has 0 aliphatic carbocycles. The molecule has 0 bridgehead atoms. The number of H-pyrrole nitrogens is 1. The van der Waals surface area contributed by atoms with Crippen molar-refractivity contribution in [3.8, 4) is 6.07 Å². The van der Waals surface area contributed by atoms with Gasteiger partial charge in [0.05, 0.1) is 0 Å². The van der Waals surface area contributed by atoms with Gasteiger partial charge < -0.3 is 14.8 Å². The smallest absolute Gasteiger partial charge is 0.368 e. The lowest BCUT2D eigenvalue weighted by Gasteiger charge is -2.36. The molecule has 0 amide bonds. The van der Waals surface area contributed by atoms with Crippen molar-refractivity contribution in [2.75, 3.05) is 36.0 Å². The monoisotopic (exact) mass is 422 g/mol. The van der Waals surface area contributed by atoms with Crippen molar-refractivity contribution in [1.82, 2.24) is 14.6 Å². The summed E-state index contributed by atoms with van der Waals surface area (Å²) in [4.78, 5) is 18.5. The van der Waals surface area contributed by atoms with Crippen molar-refractivity contribution >= 4 is 28.8 Å². The first kappa shape index (κ1) is 19.1. The van der Waals surface area contributed by atoms with Gasteiger partial charge in [-0.15, -0.1) is 5.10 Å². The van der Waals surface area contributed by atoms with E-state index in [9.17, 15) is 23.2 Å². The zero-order valence-electron chi connectivity index (χ0n) is 14.9. The molecule has 0 atom stereocenters. The van der Waals surface area contributed by atoms with Crippen LogP contribution in [0, 0.1) is 11.3 Å². The Morgan fingerprint density at radius 3 is 2.31 bits per heavy atom. The third-order valence-corrected chi connectivity index (χ3v) is 5.08. The Kier molecular flexibility index (Phi) is 4.62. The van der Waals surface area contributed by atoms with Gasteiger partial charge in [0.25, 0.3) is 5.56 Å². The van der Waals surface area contributed by atoms with E-state index in [0.29, 0.717) is 41.9 Å². The number of hydrogen-bond acceptors (Lipinski definition) is 5. The molecule has 2 aromatic heterocycles. The number of halogens is 4. The molecule has 150 valence electrons. The van der Waals surface area contributed by atoms with Crippen LogP contribution in [-0.2, 0) is 6.18 Å². The minimum Gasteiger partial charge on any atom is -0.368 e. The summed E-state index contributed by atoms with van der Waals surface area (Å²) in [6, 6.07) is 9.34. The second-order valence-electron chi connectivity index (χ2n) is 6.53. The maximum atomic E-state index is 13.0. The molecule has 4 rings (SSSR count). The number of nitriles is 1. The number of fused-ring (bicyclic) bond motifs is 1. The average molecular weight is 423 g/mol. The molecule has 0 saturated carbocycles. The van der Waals surface area contributed by atoms with E-state index in [1.807, 2.05) is 18.2 Å². The van der Waals surface area contributed by atoms with Gasteiger partial charge in [-0.3, -0.25) is 4.79 Å². The summed E-state index contributed by atoms with van der Waals surface area (Å²) in [5.74, 6) is 0.191. The maximum Gasteiger partial charge on any atom is 0.423 e. The van der Waals surface area contributed by atoms with E-state index in [1.54, 1.807) is 17.0 Å². The highest BCUT2D eigenvalue weighted by molar-refractivity contribution is 6.30. The Hall–Kier alpha value is -3.19. The topological polar surface area (TPSA) is 80.4 Å². The quantitative estimate of drug-likeness (QED) is 0.687. The van der Waals surface area contributed by atoms with Gasteiger partial charge in [0, 0.05) is 43.1 Å². The predicted molar refractivity (Wildman–Crippen MR) is 101 cm³/mol. The molecule has 11 heteroatoms. The molecule has 1 aliphatic heterocycles. The summed E-state index contributed by atoms with van der Waals surface area (Å²) in [6.07, 6.45) is -4.24. The molecule has 0 unspecified atom stereocenters. The maximum absolute atomic E-state index is 13.0. The first-order valence-corrected chi connectivity index (χ1v) is 9.04. The number of rotatable bonds is 2. The Labute approximate surface area is 167 Å². The molecule has 0 radical (unpaired) electrons. The number of hydrogen-bond donors (Lipinski definition) is 1. The number of nitrogens with zero attached hydrogens (tertiary/aromatic N) is 5. The van der Waals surface area contributed by atoms with Crippen molar-refractivity contribution in [1.29, 1.82) is 5.26 Å². The van der Waals surface area contributed by atoms with Gasteiger partial charge in [0.1, 0.15) is 17.2 Å². The van der Waals surface area contributed by atoms with E-state index >= 15 is 0 Å². The summed E-state index contributed by atoms with van der Waals surface area (Å²) in [5.41, 5.74) is -1.70. The molecule has 7 nitrogen and oxygen atoms in total. The highest BCUT2D eigenvalue weighted by Crippen LogP contribution is 2.28. The third-order valence-electron chi connectivity index (χ3n) is 4.83. The average Bonchev–Trinajstić information content (AvgIpc) is 3.07. The number of aromatic nitrogens is 3. The first-order valence-electron chi connectivity index (χ1n) is 8.67. The van der Waals surface area contributed by atoms with Gasteiger partial charge in [-0.25, -0.2) is 0 Å². The van der Waals surface area contributed by atoms with Crippen molar-refractivity contribution in [3.05, 3.63) is 57.0 Å². The van der Waals surface area contributed by atoms with Gasteiger partial charge in [0.2, 0.25) is 0 Å². The molecule has 0 spiro atoms. The van der Waals surface area contributed by atoms with Crippen LogP contribution >= 0.6 is 11.6 Å². The summed E-state index contributed by atoms with van der Waals surface area (Å²) >= 11 is 5.91. The number of alkyl halides is 3. The van der Waals surface area contributed by atoms with Gasteiger partial charge in [-0.05, 0) is 24.3 Å². The largest absolute Gasteiger partial charge is 0.423 e. The lowest BCUT2D eigenvalue weighted by atomic mass is 10.2. The number of piperazine rings is 1. The van der Waals surface area contributed by atoms with Gasteiger partial charge in [-0.1, -0.05) is 11.6 Å². The lowest BCUT2D eigenvalue weighted by Crippen LogP contribution is -2.47. The van der Waals surface area contributed by atoms with E-state index < -0.39 is 17.3 Å². The molecule has 1 aliphatic rings. The van der Waals surface area contributed by atoms with Crippen LogP contribution < -0.4 is 15.4 Å². The van der Waals surface area contributed by atoms with Crippen LogP contribution in [0.25, 0.3) is 5.65 Å². The van der Waals surface area contributed by atoms with E-state index in [1.165, 1.54) is 0 Å². The summed E-state index contributed by atoms with van der Waals surface area (Å²) < 4.78 is 39.6.